The number of benzene rings is 2. The molecule has 0 aliphatic heterocycles. The van der Waals surface area contributed by atoms with Crippen LogP contribution in [0.5, 0.6) is 0 Å². The zero-order chi connectivity index (χ0) is 16.9. The van der Waals surface area contributed by atoms with Gasteiger partial charge in [-0.25, -0.2) is 5.43 Å². The predicted molar refractivity (Wildman–Crippen MR) is 98.4 cm³/mol. The van der Waals surface area contributed by atoms with E-state index in [1.807, 2.05) is 62.4 Å². The zero-order valence-electron chi connectivity index (χ0n) is 13.8. The van der Waals surface area contributed by atoms with Gasteiger partial charge in [-0.3, -0.25) is 4.79 Å². The van der Waals surface area contributed by atoms with Gasteiger partial charge in [0, 0.05) is 27.8 Å². The van der Waals surface area contributed by atoms with Crippen LogP contribution in [0.4, 0.5) is 5.69 Å². The molecular weight excluding hydrogens is 300 g/mol. The number of para-hydroxylation sites is 2. The maximum Gasteiger partial charge on any atom is 0.259 e. The molecule has 1 amide bonds. The van der Waals surface area contributed by atoms with Gasteiger partial charge in [-0.1, -0.05) is 36.4 Å². The van der Waals surface area contributed by atoms with Gasteiger partial charge in [0.25, 0.3) is 5.91 Å². The molecule has 0 fully saturated rings. The molecule has 0 spiro atoms. The third-order valence-corrected chi connectivity index (χ3v) is 3.91. The first-order valence-corrected chi connectivity index (χ1v) is 7.84. The van der Waals surface area contributed by atoms with Crippen molar-refractivity contribution in [3.8, 4) is 0 Å². The molecule has 1 heterocycles. The quantitative estimate of drug-likeness (QED) is 0.498. The number of nitrogens with one attached hydrogen (secondary N) is 3. The fourth-order valence-electron chi connectivity index (χ4n) is 2.62. The van der Waals surface area contributed by atoms with E-state index in [0.29, 0.717) is 0 Å². The predicted octanol–water partition coefficient (Wildman–Crippen LogP) is 3.35. The van der Waals surface area contributed by atoms with Gasteiger partial charge < -0.3 is 10.3 Å². The number of hydrazone groups is 1. The number of anilines is 1. The van der Waals surface area contributed by atoms with Crippen LogP contribution >= 0.6 is 0 Å². The second kappa shape index (κ2) is 7.00. The Bertz CT molecular complexity index is 895. The van der Waals surface area contributed by atoms with Crippen molar-refractivity contribution in [1.29, 1.82) is 0 Å². The summed E-state index contributed by atoms with van der Waals surface area (Å²) in [5.41, 5.74) is 7.67. The average Bonchev–Trinajstić information content (AvgIpc) is 2.90. The number of H-pyrrole nitrogens is 1. The molecule has 3 N–H and O–H groups in total. The molecule has 1 aromatic heterocycles. The van der Waals surface area contributed by atoms with Crippen molar-refractivity contribution in [2.45, 2.75) is 13.8 Å². The summed E-state index contributed by atoms with van der Waals surface area (Å²) in [6.07, 6.45) is 1.68. The zero-order valence-corrected chi connectivity index (χ0v) is 13.8. The molecule has 0 unspecified atom stereocenters. The smallest absolute Gasteiger partial charge is 0.259 e. The molecule has 0 aliphatic rings. The van der Waals surface area contributed by atoms with Gasteiger partial charge >= 0.3 is 0 Å². The number of hydrogen-bond donors (Lipinski definition) is 3. The van der Waals surface area contributed by atoms with Gasteiger partial charge in [0.15, 0.2) is 0 Å². The van der Waals surface area contributed by atoms with Crippen LogP contribution in [0.2, 0.25) is 0 Å². The molecule has 3 rings (SSSR count). The molecule has 24 heavy (non-hydrogen) atoms. The number of rotatable bonds is 5. The third-order valence-electron chi connectivity index (χ3n) is 3.91. The molecule has 5 nitrogen and oxygen atoms in total. The number of amides is 1. The Labute approximate surface area is 140 Å². The second-order valence-corrected chi connectivity index (χ2v) is 5.67. The number of fused-ring (bicyclic) bond motifs is 1. The molecule has 0 saturated heterocycles. The summed E-state index contributed by atoms with van der Waals surface area (Å²) in [5.74, 6) is -0.188. The highest BCUT2D eigenvalue weighted by molar-refractivity contribution is 6.00. The molecule has 0 atom stereocenters. The number of aromatic nitrogens is 1. The Balaban J connectivity index is 1.60. The van der Waals surface area contributed by atoms with E-state index in [1.165, 1.54) is 0 Å². The van der Waals surface area contributed by atoms with Gasteiger partial charge in [0.2, 0.25) is 0 Å². The van der Waals surface area contributed by atoms with Crippen molar-refractivity contribution in [3.05, 3.63) is 65.4 Å². The Hall–Kier alpha value is -3.08. The van der Waals surface area contributed by atoms with Crippen molar-refractivity contribution in [2.75, 3.05) is 11.9 Å². The topological polar surface area (TPSA) is 69.3 Å². The Morgan fingerprint density at radius 3 is 2.71 bits per heavy atom. The summed E-state index contributed by atoms with van der Waals surface area (Å²) < 4.78 is 0. The maximum atomic E-state index is 11.9. The summed E-state index contributed by atoms with van der Waals surface area (Å²) in [4.78, 5) is 15.2. The van der Waals surface area contributed by atoms with E-state index in [1.54, 1.807) is 6.21 Å². The summed E-state index contributed by atoms with van der Waals surface area (Å²) in [6.45, 7) is 4.16. The number of carbonyl (C=O) groups is 1. The molecule has 0 bridgehead atoms. The molecule has 122 valence electrons. The van der Waals surface area contributed by atoms with Gasteiger partial charge in [-0.2, -0.15) is 5.10 Å². The fourth-order valence-corrected chi connectivity index (χ4v) is 2.62. The van der Waals surface area contributed by atoms with Crippen LogP contribution in [-0.4, -0.2) is 23.7 Å². The molecule has 0 saturated carbocycles. The van der Waals surface area contributed by atoms with Crippen LogP contribution < -0.4 is 10.7 Å². The van der Waals surface area contributed by atoms with Crippen LogP contribution in [0.1, 0.15) is 16.8 Å². The minimum absolute atomic E-state index is 0.176. The van der Waals surface area contributed by atoms with Crippen LogP contribution in [0.3, 0.4) is 0 Å². The maximum absolute atomic E-state index is 11.9. The van der Waals surface area contributed by atoms with Crippen molar-refractivity contribution < 1.29 is 4.79 Å². The molecule has 0 aliphatic carbocycles. The summed E-state index contributed by atoms with van der Waals surface area (Å²) >= 11 is 0. The summed E-state index contributed by atoms with van der Waals surface area (Å²) in [7, 11) is 0. The van der Waals surface area contributed by atoms with Crippen LogP contribution in [0.15, 0.2) is 53.6 Å². The third kappa shape index (κ3) is 3.46. The fraction of sp³-hybridized carbons (Fsp3) is 0.158. The lowest BCUT2D eigenvalue weighted by atomic mass is 10.1. The first-order valence-electron chi connectivity index (χ1n) is 7.84. The Kier molecular flexibility index (Phi) is 4.61. The standard InChI is InChI=1S/C19H20N4O/c1-13-7-3-5-9-17(13)20-12-19(24)23-21-11-16-14(2)22-18-10-6-4-8-15(16)18/h3-11,20,22H,12H2,1-2H3,(H,23,24)/b21-11+. The van der Waals surface area contributed by atoms with Crippen LogP contribution in [0, 0.1) is 13.8 Å². The highest BCUT2D eigenvalue weighted by atomic mass is 16.2. The number of carbonyl (C=O) groups excluding carboxylic acids is 1. The first kappa shape index (κ1) is 15.8. The lowest BCUT2D eigenvalue weighted by molar-refractivity contribution is -0.119. The molecule has 2 aromatic carbocycles. The van der Waals surface area contributed by atoms with E-state index in [0.717, 1.165) is 33.4 Å². The van der Waals surface area contributed by atoms with Gasteiger partial charge in [-0.15, -0.1) is 0 Å². The van der Waals surface area contributed by atoms with Crippen molar-refractivity contribution in [3.63, 3.8) is 0 Å². The van der Waals surface area contributed by atoms with Crippen LogP contribution in [0.25, 0.3) is 10.9 Å². The van der Waals surface area contributed by atoms with Crippen molar-refractivity contribution in [2.24, 2.45) is 5.10 Å². The van der Waals surface area contributed by atoms with Gasteiger partial charge in [0.1, 0.15) is 0 Å². The molecule has 0 radical (unpaired) electrons. The van der Waals surface area contributed by atoms with E-state index in [4.69, 9.17) is 0 Å². The number of aromatic amines is 1. The van der Waals surface area contributed by atoms with E-state index in [-0.39, 0.29) is 12.5 Å². The average molecular weight is 320 g/mol. The monoisotopic (exact) mass is 320 g/mol. The highest BCUT2D eigenvalue weighted by Crippen LogP contribution is 2.19. The van der Waals surface area contributed by atoms with E-state index >= 15 is 0 Å². The summed E-state index contributed by atoms with van der Waals surface area (Å²) in [5, 5.41) is 8.27. The lowest BCUT2D eigenvalue weighted by Gasteiger charge is -2.07. The van der Waals surface area contributed by atoms with E-state index < -0.39 is 0 Å². The molecule has 5 heteroatoms. The lowest BCUT2D eigenvalue weighted by Crippen LogP contribution is -2.26. The summed E-state index contributed by atoms with van der Waals surface area (Å²) in [6, 6.07) is 15.9. The first-order chi connectivity index (χ1) is 11.6. The number of hydrogen-bond acceptors (Lipinski definition) is 3. The minimum Gasteiger partial charge on any atom is -0.376 e. The number of aryl methyl sites for hydroxylation is 2. The Morgan fingerprint density at radius 2 is 1.88 bits per heavy atom. The largest absolute Gasteiger partial charge is 0.376 e. The van der Waals surface area contributed by atoms with Crippen molar-refractivity contribution in [1.82, 2.24) is 10.4 Å². The normalized spacial score (nSPS) is 11.1. The van der Waals surface area contributed by atoms with Gasteiger partial charge in [0.05, 0.1) is 12.8 Å². The highest BCUT2D eigenvalue weighted by Gasteiger charge is 2.06. The second-order valence-electron chi connectivity index (χ2n) is 5.67. The van der Waals surface area contributed by atoms with E-state index in [2.05, 4.69) is 20.8 Å². The molecule has 3 aromatic rings. The molecular formula is C19H20N4O. The minimum atomic E-state index is -0.188. The SMILES string of the molecule is Cc1ccccc1NCC(=O)N/N=C/c1c(C)[nH]c2ccccc12. The van der Waals surface area contributed by atoms with Gasteiger partial charge in [-0.05, 0) is 31.5 Å². The number of nitrogens with zero attached hydrogens (tertiary/aromatic N) is 1. The van der Waals surface area contributed by atoms with E-state index in [9.17, 15) is 4.79 Å². The van der Waals surface area contributed by atoms with Crippen molar-refractivity contribution >= 4 is 28.7 Å². The van der Waals surface area contributed by atoms with Crippen LogP contribution in [-0.2, 0) is 4.79 Å². The Morgan fingerprint density at radius 1 is 1.12 bits per heavy atom.